The molecule has 2 aromatic heterocycles. The molecule has 0 aliphatic carbocycles. The summed E-state index contributed by atoms with van der Waals surface area (Å²) in [5.41, 5.74) is 1.71. The van der Waals surface area contributed by atoms with Gasteiger partial charge in [0.15, 0.2) is 5.76 Å². The Morgan fingerprint density at radius 3 is 3.20 bits per heavy atom. The van der Waals surface area contributed by atoms with Crippen LogP contribution in [0.25, 0.3) is 0 Å². The van der Waals surface area contributed by atoms with Gasteiger partial charge < -0.3 is 9.63 Å². The molecule has 1 fully saturated rings. The normalized spacial score (nSPS) is 19.6. The smallest absolute Gasteiger partial charge is 0.354 e. The number of carbonyl (C=O) groups is 1. The van der Waals surface area contributed by atoms with Crippen molar-refractivity contribution in [3.05, 3.63) is 35.0 Å². The zero-order valence-corrected chi connectivity index (χ0v) is 11.2. The zero-order valence-electron chi connectivity index (χ0n) is 11.2. The maximum absolute atomic E-state index is 11.1. The maximum Gasteiger partial charge on any atom is 0.354 e. The van der Waals surface area contributed by atoms with E-state index in [4.69, 9.17) is 9.63 Å². The molecule has 0 aromatic carbocycles. The molecule has 2 N–H and O–H groups in total. The molecule has 3 rings (SSSR count). The number of carboxylic acid groups (broad SMARTS) is 1. The molecule has 20 heavy (non-hydrogen) atoms. The number of aromatic amines is 1. The minimum absolute atomic E-state index is 0.157. The molecule has 0 spiro atoms. The molecule has 0 radical (unpaired) electrons. The van der Waals surface area contributed by atoms with E-state index in [1.54, 1.807) is 6.20 Å². The molecule has 1 saturated heterocycles. The average Bonchev–Trinajstić information content (AvgIpc) is 3.09. The lowest BCUT2D eigenvalue weighted by Crippen LogP contribution is -2.23. The van der Waals surface area contributed by atoms with Crippen LogP contribution >= 0.6 is 0 Å². The van der Waals surface area contributed by atoms with Gasteiger partial charge in [0.25, 0.3) is 0 Å². The molecule has 1 aliphatic heterocycles. The standard InChI is InChI=1S/C13H16N4O3/c1-8-5-11(20-16-8)10-3-2-4-17(10)7-9-6-14-15-12(9)13(18)19/h5-6,10H,2-4,7H2,1H3,(H,14,15)(H,18,19). The fourth-order valence-electron chi connectivity index (χ4n) is 2.71. The van der Waals surface area contributed by atoms with Gasteiger partial charge in [-0.25, -0.2) is 4.79 Å². The summed E-state index contributed by atoms with van der Waals surface area (Å²) in [5.74, 6) is -0.135. The largest absolute Gasteiger partial charge is 0.477 e. The van der Waals surface area contributed by atoms with E-state index >= 15 is 0 Å². The van der Waals surface area contributed by atoms with E-state index in [2.05, 4.69) is 20.3 Å². The second-order valence-corrected chi connectivity index (χ2v) is 5.07. The summed E-state index contributed by atoms with van der Waals surface area (Å²) in [6, 6.07) is 2.10. The molecule has 1 aliphatic rings. The van der Waals surface area contributed by atoms with E-state index in [1.165, 1.54) is 0 Å². The Morgan fingerprint density at radius 2 is 2.50 bits per heavy atom. The van der Waals surface area contributed by atoms with Crippen LogP contribution < -0.4 is 0 Å². The number of hydrogen-bond acceptors (Lipinski definition) is 5. The number of aromatic carboxylic acids is 1. The van der Waals surface area contributed by atoms with Crippen molar-refractivity contribution in [3.8, 4) is 0 Å². The summed E-state index contributed by atoms with van der Waals surface area (Å²) in [6.45, 7) is 3.35. The van der Waals surface area contributed by atoms with Crippen LogP contribution in [0.3, 0.4) is 0 Å². The average molecular weight is 276 g/mol. The van der Waals surface area contributed by atoms with E-state index in [0.717, 1.165) is 30.8 Å². The van der Waals surface area contributed by atoms with Gasteiger partial charge in [-0.2, -0.15) is 5.10 Å². The van der Waals surface area contributed by atoms with E-state index < -0.39 is 5.97 Å². The molecule has 3 heterocycles. The highest BCUT2D eigenvalue weighted by Gasteiger charge is 2.30. The summed E-state index contributed by atoms with van der Waals surface area (Å²) < 4.78 is 5.34. The minimum atomic E-state index is -0.983. The molecule has 7 nitrogen and oxygen atoms in total. The third-order valence-corrected chi connectivity index (χ3v) is 3.64. The lowest BCUT2D eigenvalue weighted by molar-refractivity contribution is 0.0687. The van der Waals surface area contributed by atoms with Crippen molar-refractivity contribution in [2.45, 2.75) is 32.4 Å². The Balaban J connectivity index is 1.79. The summed E-state index contributed by atoms with van der Waals surface area (Å²) in [5, 5.41) is 19.4. The molecular weight excluding hydrogens is 260 g/mol. The van der Waals surface area contributed by atoms with Crippen LogP contribution in [0.15, 0.2) is 16.8 Å². The number of aryl methyl sites for hydroxylation is 1. The van der Waals surface area contributed by atoms with Crippen molar-refractivity contribution in [2.24, 2.45) is 0 Å². The molecule has 1 unspecified atom stereocenters. The monoisotopic (exact) mass is 276 g/mol. The fraction of sp³-hybridized carbons (Fsp3) is 0.462. The number of aromatic nitrogens is 3. The van der Waals surface area contributed by atoms with Gasteiger partial charge in [0.05, 0.1) is 17.9 Å². The van der Waals surface area contributed by atoms with Crippen LogP contribution in [0.1, 0.15) is 46.4 Å². The van der Waals surface area contributed by atoms with Crippen molar-refractivity contribution in [3.63, 3.8) is 0 Å². The van der Waals surface area contributed by atoms with Crippen molar-refractivity contribution in [2.75, 3.05) is 6.54 Å². The molecule has 106 valence electrons. The SMILES string of the molecule is Cc1cc(C2CCCN2Cc2cn[nH]c2C(=O)O)on1. The van der Waals surface area contributed by atoms with E-state index in [-0.39, 0.29) is 11.7 Å². The van der Waals surface area contributed by atoms with Gasteiger partial charge in [0.1, 0.15) is 5.69 Å². The zero-order chi connectivity index (χ0) is 14.1. The van der Waals surface area contributed by atoms with E-state index in [9.17, 15) is 4.79 Å². The number of rotatable bonds is 4. The van der Waals surface area contributed by atoms with Crippen LogP contribution in [0.5, 0.6) is 0 Å². The summed E-state index contributed by atoms with van der Waals surface area (Å²) in [7, 11) is 0. The van der Waals surface area contributed by atoms with Gasteiger partial charge >= 0.3 is 5.97 Å². The van der Waals surface area contributed by atoms with Crippen LogP contribution in [0.4, 0.5) is 0 Å². The third-order valence-electron chi connectivity index (χ3n) is 3.64. The topological polar surface area (TPSA) is 95.2 Å². The van der Waals surface area contributed by atoms with Crippen molar-refractivity contribution in [1.29, 1.82) is 0 Å². The summed E-state index contributed by atoms with van der Waals surface area (Å²) in [4.78, 5) is 13.3. The highest BCUT2D eigenvalue weighted by molar-refractivity contribution is 5.86. The molecule has 7 heteroatoms. The number of H-pyrrole nitrogens is 1. The van der Waals surface area contributed by atoms with E-state index in [1.807, 2.05) is 13.0 Å². The van der Waals surface area contributed by atoms with Gasteiger partial charge in [0.2, 0.25) is 0 Å². The predicted octanol–water partition coefficient (Wildman–Crippen LogP) is 1.74. The van der Waals surface area contributed by atoms with E-state index in [0.29, 0.717) is 12.1 Å². The number of nitrogens with one attached hydrogen (secondary N) is 1. The van der Waals surface area contributed by atoms with Crippen LogP contribution in [-0.4, -0.2) is 37.9 Å². The molecular formula is C13H16N4O3. The summed E-state index contributed by atoms with van der Waals surface area (Å²) >= 11 is 0. The molecule has 2 aromatic rings. The Hall–Kier alpha value is -2.15. The number of hydrogen-bond donors (Lipinski definition) is 2. The highest BCUT2D eigenvalue weighted by Crippen LogP contribution is 2.33. The Morgan fingerprint density at radius 1 is 1.65 bits per heavy atom. The van der Waals surface area contributed by atoms with Crippen molar-refractivity contribution < 1.29 is 14.4 Å². The first-order valence-electron chi connectivity index (χ1n) is 6.58. The maximum atomic E-state index is 11.1. The number of nitrogens with zero attached hydrogens (tertiary/aromatic N) is 3. The third kappa shape index (κ3) is 2.32. The van der Waals surface area contributed by atoms with Crippen LogP contribution in [-0.2, 0) is 6.54 Å². The lowest BCUT2D eigenvalue weighted by atomic mass is 10.1. The molecule has 0 bridgehead atoms. The quantitative estimate of drug-likeness (QED) is 0.883. The highest BCUT2D eigenvalue weighted by atomic mass is 16.5. The first kappa shape index (κ1) is 12.9. The molecule has 0 amide bonds. The van der Waals surface area contributed by atoms with Crippen molar-refractivity contribution in [1.82, 2.24) is 20.3 Å². The lowest BCUT2D eigenvalue weighted by Gasteiger charge is -2.21. The van der Waals surface area contributed by atoms with Crippen LogP contribution in [0, 0.1) is 6.92 Å². The minimum Gasteiger partial charge on any atom is -0.477 e. The van der Waals surface area contributed by atoms with Crippen molar-refractivity contribution >= 4 is 5.97 Å². The van der Waals surface area contributed by atoms with Gasteiger partial charge in [-0.1, -0.05) is 5.16 Å². The van der Waals surface area contributed by atoms with Gasteiger partial charge in [-0.05, 0) is 26.3 Å². The molecule has 1 atom stereocenters. The Labute approximate surface area is 115 Å². The predicted molar refractivity (Wildman–Crippen MR) is 69.2 cm³/mol. The Kier molecular flexibility index (Phi) is 3.27. The fourth-order valence-corrected chi connectivity index (χ4v) is 2.71. The first-order chi connectivity index (χ1) is 9.65. The van der Waals surface area contributed by atoms with Gasteiger partial charge in [0, 0.05) is 18.2 Å². The van der Waals surface area contributed by atoms with Gasteiger partial charge in [-0.3, -0.25) is 10.00 Å². The van der Waals surface area contributed by atoms with Gasteiger partial charge in [-0.15, -0.1) is 0 Å². The second kappa shape index (κ2) is 5.09. The van der Waals surface area contributed by atoms with Crippen LogP contribution in [0.2, 0.25) is 0 Å². The second-order valence-electron chi connectivity index (χ2n) is 5.07. The Bertz CT molecular complexity index is 619. The number of carboxylic acids is 1. The summed E-state index contributed by atoms with van der Waals surface area (Å²) in [6.07, 6.45) is 3.63. The molecule has 0 saturated carbocycles. The number of likely N-dealkylation sites (tertiary alicyclic amines) is 1. The first-order valence-corrected chi connectivity index (χ1v) is 6.58.